The predicted octanol–water partition coefficient (Wildman–Crippen LogP) is 4.47. The Morgan fingerprint density at radius 1 is 1.07 bits per heavy atom. The first-order chi connectivity index (χ1) is 14.3. The van der Waals surface area contributed by atoms with Crippen LogP contribution in [-0.4, -0.2) is 35.9 Å². The third-order valence-electron chi connectivity index (χ3n) is 4.84. The maximum atomic E-state index is 13.0. The molecule has 0 aliphatic heterocycles. The third kappa shape index (κ3) is 7.06. The molecular formula is C24H31ClN2O3. The van der Waals surface area contributed by atoms with Crippen molar-refractivity contribution in [3.05, 3.63) is 64.7 Å². The first kappa shape index (κ1) is 23.7. The topological polar surface area (TPSA) is 58.6 Å². The van der Waals surface area contributed by atoms with Gasteiger partial charge >= 0.3 is 0 Å². The molecular weight excluding hydrogens is 400 g/mol. The molecule has 0 spiro atoms. The zero-order valence-electron chi connectivity index (χ0n) is 18.2. The predicted molar refractivity (Wildman–Crippen MR) is 121 cm³/mol. The van der Waals surface area contributed by atoms with Gasteiger partial charge in [-0.2, -0.15) is 0 Å². The van der Waals surface area contributed by atoms with Crippen molar-refractivity contribution in [1.82, 2.24) is 10.2 Å². The van der Waals surface area contributed by atoms with Crippen molar-refractivity contribution in [3.63, 3.8) is 0 Å². The van der Waals surface area contributed by atoms with Crippen LogP contribution < -0.4 is 10.1 Å². The van der Waals surface area contributed by atoms with Gasteiger partial charge in [-0.05, 0) is 48.6 Å². The Morgan fingerprint density at radius 2 is 1.73 bits per heavy atom. The molecule has 2 aromatic carbocycles. The Bertz CT molecular complexity index is 837. The number of hydrogen-bond acceptors (Lipinski definition) is 3. The standard InChI is InChI=1S/C24H31ClN2O3/c1-5-19-10-12-21(13-11-19)30-16-23(28)27(15-20-8-6-7-9-22(20)25)18(4)24(29)26-14-17(2)3/h6-13,17-18H,5,14-16H2,1-4H3,(H,26,29)/t18-/m0/s1. The van der Waals surface area contributed by atoms with Crippen LogP contribution in [0.3, 0.4) is 0 Å². The van der Waals surface area contributed by atoms with Crippen molar-refractivity contribution in [2.45, 2.75) is 46.7 Å². The summed E-state index contributed by atoms with van der Waals surface area (Å²) in [6.45, 7) is 8.48. The number of amides is 2. The van der Waals surface area contributed by atoms with Crippen LogP contribution in [0.25, 0.3) is 0 Å². The first-order valence-electron chi connectivity index (χ1n) is 10.3. The van der Waals surface area contributed by atoms with Gasteiger partial charge in [0, 0.05) is 18.1 Å². The first-order valence-corrected chi connectivity index (χ1v) is 10.7. The minimum absolute atomic E-state index is 0.155. The molecule has 0 fully saturated rings. The van der Waals surface area contributed by atoms with Crippen molar-refractivity contribution in [2.24, 2.45) is 5.92 Å². The van der Waals surface area contributed by atoms with E-state index in [2.05, 4.69) is 12.2 Å². The van der Waals surface area contributed by atoms with Gasteiger partial charge in [0.2, 0.25) is 5.91 Å². The Hall–Kier alpha value is -2.53. The summed E-state index contributed by atoms with van der Waals surface area (Å²) in [6, 6.07) is 14.3. The van der Waals surface area contributed by atoms with Gasteiger partial charge in [0.1, 0.15) is 11.8 Å². The Labute approximate surface area is 184 Å². The Morgan fingerprint density at radius 3 is 2.33 bits per heavy atom. The number of hydrogen-bond donors (Lipinski definition) is 1. The SMILES string of the molecule is CCc1ccc(OCC(=O)N(Cc2ccccc2Cl)[C@@H](C)C(=O)NCC(C)C)cc1. The lowest BCUT2D eigenvalue weighted by molar-refractivity contribution is -0.142. The van der Waals surface area contributed by atoms with E-state index in [-0.39, 0.29) is 25.0 Å². The molecule has 0 heterocycles. The second-order valence-electron chi connectivity index (χ2n) is 7.71. The molecule has 0 bridgehead atoms. The van der Waals surface area contributed by atoms with Crippen LogP contribution in [0, 0.1) is 5.92 Å². The average molecular weight is 431 g/mol. The van der Waals surface area contributed by atoms with Gasteiger partial charge in [0.25, 0.3) is 5.91 Å². The van der Waals surface area contributed by atoms with Crippen LogP contribution in [0.2, 0.25) is 5.02 Å². The molecule has 0 saturated carbocycles. The van der Waals surface area contributed by atoms with Crippen LogP contribution in [0.5, 0.6) is 5.75 Å². The zero-order chi connectivity index (χ0) is 22.1. The van der Waals surface area contributed by atoms with Crippen molar-refractivity contribution in [2.75, 3.05) is 13.2 Å². The Kier molecular flexibility index (Phi) is 9.18. The fourth-order valence-corrected chi connectivity index (χ4v) is 3.09. The lowest BCUT2D eigenvalue weighted by Gasteiger charge is -2.29. The normalized spacial score (nSPS) is 11.8. The summed E-state index contributed by atoms with van der Waals surface area (Å²) in [5, 5.41) is 3.45. The molecule has 0 aliphatic rings. The summed E-state index contributed by atoms with van der Waals surface area (Å²) in [4.78, 5) is 27.2. The number of nitrogens with zero attached hydrogens (tertiary/aromatic N) is 1. The van der Waals surface area contributed by atoms with E-state index < -0.39 is 6.04 Å². The van der Waals surface area contributed by atoms with E-state index in [9.17, 15) is 9.59 Å². The highest BCUT2D eigenvalue weighted by molar-refractivity contribution is 6.31. The number of ether oxygens (including phenoxy) is 1. The highest BCUT2D eigenvalue weighted by Crippen LogP contribution is 2.19. The second kappa shape index (κ2) is 11.6. The minimum atomic E-state index is -0.654. The molecule has 2 amide bonds. The van der Waals surface area contributed by atoms with E-state index in [1.165, 1.54) is 10.5 Å². The number of aryl methyl sites for hydroxylation is 1. The van der Waals surface area contributed by atoms with Crippen LogP contribution >= 0.6 is 11.6 Å². The van der Waals surface area contributed by atoms with E-state index >= 15 is 0 Å². The number of carbonyl (C=O) groups excluding carboxylic acids is 2. The van der Waals surface area contributed by atoms with Crippen LogP contribution in [0.4, 0.5) is 0 Å². The lowest BCUT2D eigenvalue weighted by atomic mass is 10.1. The summed E-state index contributed by atoms with van der Waals surface area (Å²) in [5.41, 5.74) is 1.98. The molecule has 0 aromatic heterocycles. The van der Waals surface area contributed by atoms with Crippen molar-refractivity contribution >= 4 is 23.4 Å². The molecule has 5 nitrogen and oxygen atoms in total. The van der Waals surface area contributed by atoms with E-state index in [0.29, 0.717) is 23.2 Å². The number of benzene rings is 2. The lowest BCUT2D eigenvalue weighted by Crippen LogP contribution is -2.49. The highest BCUT2D eigenvalue weighted by Gasteiger charge is 2.27. The van der Waals surface area contributed by atoms with Crippen LogP contribution in [-0.2, 0) is 22.6 Å². The van der Waals surface area contributed by atoms with E-state index in [4.69, 9.17) is 16.3 Å². The molecule has 2 rings (SSSR count). The quantitative estimate of drug-likeness (QED) is 0.605. The molecule has 2 aromatic rings. The molecule has 0 aliphatic carbocycles. The van der Waals surface area contributed by atoms with Crippen molar-refractivity contribution in [1.29, 1.82) is 0 Å². The van der Waals surface area contributed by atoms with Gasteiger partial charge in [-0.3, -0.25) is 9.59 Å². The van der Waals surface area contributed by atoms with Crippen molar-refractivity contribution < 1.29 is 14.3 Å². The number of rotatable bonds is 10. The van der Waals surface area contributed by atoms with Crippen LogP contribution in [0.15, 0.2) is 48.5 Å². The second-order valence-corrected chi connectivity index (χ2v) is 8.12. The number of halogens is 1. The number of carbonyl (C=O) groups is 2. The maximum absolute atomic E-state index is 13.0. The van der Waals surface area contributed by atoms with E-state index in [1.54, 1.807) is 13.0 Å². The summed E-state index contributed by atoms with van der Waals surface area (Å²) < 4.78 is 5.69. The van der Waals surface area contributed by atoms with Crippen LogP contribution in [0.1, 0.15) is 38.8 Å². The van der Waals surface area contributed by atoms with Crippen molar-refractivity contribution in [3.8, 4) is 5.75 Å². The fourth-order valence-electron chi connectivity index (χ4n) is 2.89. The fraction of sp³-hybridized carbons (Fsp3) is 0.417. The molecule has 1 N–H and O–H groups in total. The third-order valence-corrected chi connectivity index (χ3v) is 5.21. The summed E-state index contributed by atoms with van der Waals surface area (Å²) in [6.07, 6.45) is 0.938. The maximum Gasteiger partial charge on any atom is 0.261 e. The highest BCUT2D eigenvalue weighted by atomic mass is 35.5. The largest absolute Gasteiger partial charge is 0.484 e. The van der Waals surface area contributed by atoms with Gasteiger partial charge in [-0.1, -0.05) is 62.7 Å². The average Bonchev–Trinajstić information content (AvgIpc) is 2.75. The van der Waals surface area contributed by atoms with Gasteiger partial charge in [-0.25, -0.2) is 0 Å². The molecule has 0 saturated heterocycles. The summed E-state index contributed by atoms with van der Waals surface area (Å²) >= 11 is 6.29. The molecule has 162 valence electrons. The summed E-state index contributed by atoms with van der Waals surface area (Å²) in [5.74, 6) is 0.469. The monoisotopic (exact) mass is 430 g/mol. The van der Waals surface area contributed by atoms with E-state index in [1.807, 2.05) is 56.3 Å². The zero-order valence-corrected chi connectivity index (χ0v) is 18.9. The minimum Gasteiger partial charge on any atom is -0.484 e. The van der Waals surface area contributed by atoms with Gasteiger partial charge in [-0.15, -0.1) is 0 Å². The molecule has 30 heavy (non-hydrogen) atoms. The molecule has 0 unspecified atom stereocenters. The van der Waals surface area contributed by atoms with Gasteiger partial charge in [0.05, 0.1) is 0 Å². The number of nitrogens with one attached hydrogen (secondary N) is 1. The van der Waals surface area contributed by atoms with E-state index in [0.717, 1.165) is 12.0 Å². The molecule has 1 atom stereocenters. The summed E-state index contributed by atoms with van der Waals surface area (Å²) in [7, 11) is 0. The van der Waals surface area contributed by atoms with Gasteiger partial charge < -0.3 is 15.0 Å². The molecule has 0 radical (unpaired) electrons. The Balaban J connectivity index is 2.12. The van der Waals surface area contributed by atoms with Gasteiger partial charge in [0.15, 0.2) is 6.61 Å². The smallest absolute Gasteiger partial charge is 0.261 e. The molecule has 6 heteroatoms.